The molecule has 18 heavy (non-hydrogen) atoms. The molecule has 0 bridgehead atoms. The van der Waals surface area contributed by atoms with Crippen LogP contribution in [-0.2, 0) is 9.59 Å². The predicted molar refractivity (Wildman–Crippen MR) is 72.1 cm³/mol. The molecular weight excluding hydrogens is 228 g/mol. The summed E-state index contributed by atoms with van der Waals surface area (Å²) in [5, 5.41) is 5.66. The lowest BCUT2D eigenvalue weighted by Crippen LogP contribution is -2.52. The summed E-state index contributed by atoms with van der Waals surface area (Å²) in [4.78, 5) is 23.1. The van der Waals surface area contributed by atoms with Gasteiger partial charge in [-0.2, -0.15) is 0 Å². The molecule has 2 N–H and O–H groups in total. The van der Waals surface area contributed by atoms with Crippen molar-refractivity contribution in [1.82, 2.24) is 10.6 Å². The Bertz CT molecular complexity index is 331. The minimum atomic E-state index is -0.264. The highest BCUT2D eigenvalue weighted by molar-refractivity contribution is 5.94. The van der Waals surface area contributed by atoms with Crippen molar-refractivity contribution in [3.05, 3.63) is 12.2 Å². The zero-order valence-corrected chi connectivity index (χ0v) is 11.5. The fraction of sp³-hybridized carbons (Fsp3) is 0.714. The van der Waals surface area contributed by atoms with Crippen molar-refractivity contribution in [1.29, 1.82) is 0 Å². The molecule has 0 atom stereocenters. The van der Waals surface area contributed by atoms with Crippen molar-refractivity contribution in [3.63, 3.8) is 0 Å². The summed E-state index contributed by atoms with van der Waals surface area (Å²) in [6.07, 6.45) is 6.64. The van der Waals surface area contributed by atoms with Crippen LogP contribution in [-0.4, -0.2) is 23.9 Å². The van der Waals surface area contributed by atoms with E-state index in [1.807, 2.05) is 0 Å². The maximum absolute atomic E-state index is 11.8. The van der Waals surface area contributed by atoms with E-state index in [1.54, 1.807) is 6.92 Å². The number of hydrogen-bond donors (Lipinski definition) is 2. The van der Waals surface area contributed by atoms with E-state index in [0.717, 1.165) is 19.3 Å². The van der Waals surface area contributed by atoms with Crippen LogP contribution in [0.4, 0.5) is 0 Å². The van der Waals surface area contributed by atoms with Gasteiger partial charge in [-0.25, -0.2) is 0 Å². The average molecular weight is 252 g/mol. The van der Waals surface area contributed by atoms with Gasteiger partial charge in [0.2, 0.25) is 11.8 Å². The number of nitrogens with one attached hydrogen (secondary N) is 2. The first kappa shape index (κ1) is 14.7. The maximum atomic E-state index is 11.8. The van der Waals surface area contributed by atoms with Gasteiger partial charge in [0.05, 0.1) is 6.54 Å². The molecule has 0 aromatic carbocycles. The van der Waals surface area contributed by atoms with Crippen LogP contribution < -0.4 is 10.6 Å². The third-order valence-corrected chi connectivity index (χ3v) is 3.69. The summed E-state index contributed by atoms with van der Waals surface area (Å²) >= 11 is 0. The summed E-state index contributed by atoms with van der Waals surface area (Å²) in [5.74, 6) is -0.368. The van der Waals surface area contributed by atoms with Crippen LogP contribution in [0, 0.1) is 0 Å². The summed E-state index contributed by atoms with van der Waals surface area (Å²) in [5.41, 5.74) is 0.370. The molecule has 0 radical (unpaired) electrons. The minimum absolute atomic E-state index is 0.0352. The summed E-state index contributed by atoms with van der Waals surface area (Å²) < 4.78 is 0. The van der Waals surface area contributed by atoms with Crippen LogP contribution in [0.2, 0.25) is 0 Å². The highest BCUT2D eigenvalue weighted by Crippen LogP contribution is 2.30. The number of carbonyl (C=O) groups excluding carboxylic acids is 2. The van der Waals surface area contributed by atoms with E-state index in [0.29, 0.717) is 5.57 Å². The number of amides is 2. The third kappa shape index (κ3) is 4.17. The fourth-order valence-corrected chi connectivity index (χ4v) is 2.45. The number of carbonyl (C=O) groups is 2. The Labute approximate surface area is 109 Å². The van der Waals surface area contributed by atoms with Crippen LogP contribution in [0.25, 0.3) is 0 Å². The second-order valence-electron chi connectivity index (χ2n) is 5.21. The first-order chi connectivity index (χ1) is 8.49. The standard InChI is InChI=1S/C14H24N2O2/c1-4-14(8-6-5-7-9-14)16-12(17)10-15-13(18)11(2)3/h2,4-10H2,1,3H3,(H,15,18)(H,16,17). The molecule has 0 aromatic heterocycles. The molecule has 4 heteroatoms. The molecule has 0 unspecified atom stereocenters. The molecule has 1 rings (SSSR count). The van der Waals surface area contributed by atoms with Crippen molar-refractivity contribution in [2.75, 3.05) is 6.54 Å². The fourth-order valence-electron chi connectivity index (χ4n) is 2.45. The van der Waals surface area contributed by atoms with Gasteiger partial charge < -0.3 is 10.6 Å². The van der Waals surface area contributed by atoms with Gasteiger partial charge in [-0.1, -0.05) is 32.8 Å². The molecule has 4 nitrogen and oxygen atoms in total. The molecule has 1 aliphatic carbocycles. The van der Waals surface area contributed by atoms with Crippen molar-refractivity contribution >= 4 is 11.8 Å². The monoisotopic (exact) mass is 252 g/mol. The topological polar surface area (TPSA) is 58.2 Å². The molecule has 0 heterocycles. The largest absolute Gasteiger partial charge is 0.349 e. The van der Waals surface area contributed by atoms with E-state index in [9.17, 15) is 9.59 Å². The Morgan fingerprint density at radius 2 is 1.83 bits per heavy atom. The number of rotatable bonds is 5. The molecule has 102 valence electrons. The quantitative estimate of drug-likeness (QED) is 0.734. The molecule has 0 aliphatic heterocycles. The molecule has 1 aliphatic rings. The zero-order chi connectivity index (χ0) is 13.6. The zero-order valence-electron chi connectivity index (χ0n) is 11.5. The highest BCUT2D eigenvalue weighted by atomic mass is 16.2. The molecule has 2 amide bonds. The smallest absolute Gasteiger partial charge is 0.246 e. The Kier molecular flexibility index (Phi) is 5.38. The van der Waals surface area contributed by atoms with Crippen LogP contribution in [0.5, 0.6) is 0 Å². The van der Waals surface area contributed by atoms with Gasteiger partial charge >= 0.3 is 0 Å². The Morgan fingerprint density at radius 3 is 2.33 bits per heavy atom. The Balaban J connectivity index is 2.42. The third-order valence-electron chi connectivity index (χ3n) is 3.69. The van der Waals surface area contributed by atoms with Crippen LogP contribution in [0.15, 0.2) is 12.2 Å². The summed E-state index contributed by atoms with van der Waals surface area (Å²) in [7, 11) is 0. The van der Waals surface area contributed by atoms with Crippen molar-refractivity contribution in [3.8, 4) is 0 Å². The predicted octanol–water partition coefficient (Wildman–Crippen LogP) is 1.91. The average Bonchev–Trinajstić information content (AvgIpc) is 2.36. The minimum Gasteiger partial charge on any atom is -0.349 e. The molecular formula is C14H24N2O2. The van der Waals surface area contributed by atoms with E-state index < -0.39 is 0 Å². The van der Waals surface area contributed by atoms with Crippen molar-refractivity contribution in [2.45, 2.75) is 57.9 Å². The van der Waals surface area contributed by atoms with Gasteiger partial charge in [-0.3, -0.25) is 9.59 Å². The normalized spacial score (nSPS) is 17.9. The van der Waals surface area contributed by atoms with Crippen molar-refractivity contribution < 1.29 is 9.59 Å². The van der Waals surface area contributed by atoms with Gasteiger partial charge in [0.1, 0.15) is 0 Å². The molecule has 0 spiro atoms. The lowest BCUT2D eigenvalue weighted by Gasteiger charge is -2.37. The molecule has 0 aromatic rings. The van der Waals surface area contributed by atoms with Gasteiger partial charge in [-0.15, -0.1) is 0 Å². The highest BCUT2D eigenvalue weighted by Gasteiger charge is 2.31. The summed E-state index contributed by atoms with van der Waals surface area (Å²) in [6, 6.07) is 0. The first-order valence-corrected chi connectivity index (χ1v) is 6.74. The lowest BCUT2D eigenvalue weighted by atomic mass is 9.80. The Morgan fingerprint density at radius 1 is 1.22 bits per heavy atom. The van der Waals surface area contributed by atoms with Crippen LogP contribution >= 0.6 is 0 Å². The van der Waals surface area contributed by atoms with E-state index in [1.165, 1.54) is 19.3 Å². The van der Waals surface area contributed by atoms with E-state index in [2.05, 4.69) is 24.1 Å². The van der Waals surface area contributed by atoms with Crippen LogP contribution in [0.1, 0.15) is 52.4 Å². The van der Waals surface area contributed by atoms with Crippen molar-refractivity contribution in [2.24, 2.45) is 0 Å². The second-order valence-corrected chi connectivity index (χ2v) is 5.21. The van der Waals surface area contributed by atoms with Gasteiger partial charge in [0.25, 0.3) is 0 Å². The van der Waals surface area contributed by atoms with Gasteiger partial charge in [0, 0.05) is 11.1 Å². The Hall–Kier alpha value is -1.32. The second kappa shape index (κ2) is 6.57. The summed E-state index contributed by atoms with van der Waals surface area (Å²) in [6.45, 7) is 7.31. The SMILES string of the molecule is C=C(C)C(=O)NCC(=O)NC1(CC)CCCCC1. The number of hydrogen-bond acceptors (Lipinski definition) is 2. The van der Waals surface area contributed by atoms with Crippen LogP contribution in [0.3, 0.4) is 0 Å². The van der Waals surface area contributed by atoms with Gasteiger partial charge in [0.15, 0.2) is 0 Å². The van der Waals surface area contributed by atoms with E-state index >= 15 is 0 Å². The maximum Gasteiger partial charge on any atom is 0.246 e. The first-order valence-electron chi connectivity index (χ1n) is 6.74. The molecule has 1 saturated carbocycles. The van der Waals surface area contributed by atoms with E-state index in [-0.39, 0.29) is 23.9 Å². The van der Waals surface area contributed by atoms with E-state index in [4.69, 9.17) is 0 Å². The lowest BCUT2D eigenvalue weighted by molar-refractivity contribution is -0.126. The molecule has 0 saturated heterocycles. The molecule has 1 fully saturated rings. The van der Waals surface area contributed by atoms with Gasteiger partial charge in [-0.05, 0) is 26.2 Å².